The van der Waals surface area contributed by atoms with Crippen molar-refractivity contribution in [1.82, 2.24) is 0 Å². The lowest BCUT2D eigenvalue weighted by Gasteiger charge is -2.37. The average molecular weight is 392 g/mol. The Balaban J connectivity index is 2.26. The van der Waals surface area contributed by atoms with Gasteiger partial charge in [0.2, 0.25) is 0 Å². The summed E-state index contributed by atoms with van der Waals surface area (Å²) in [5.41, 5.74) is 0.0100. The van der Waals surface area contributed by atoms with Gasteiger partial charge in [-0.25, -0.2) is 4.79 Å². The summed E-state index contributed by atoms with van der Waals surface area (Å²) < 4.78 is 16.7. The van der Waals surface area contributed by atoms with Gasteiger partial charge in [0.1, 0.15) is 16.9 Å². The van der Waals surface area contributed by atoms with Gasteiger partial charge in [-0.2, -0.15) is 0 Å². The summed E-state index contributed by atoms with van der Waals surface area (Å²) in [5, 5.41) is 2.93. The smallest absolute Gasteiger partial charge is 0.341 e. The summed E-state index contributed by atoms with van der Waals surface area (Å²) in [7, 11) is 1.59. The van der Waals surface area contributed by atoms with E-state index in [0.717, 1.165) is 19.3 Å². The van der Waals surface area contributed by atoms with Gasteiger partial charge in [-0.05, 0) is 63.6 Å². The minimum Gasteiger partial charge on any atom is -0.490 e. The highest BCUT2D eigenvalue weighted by Gasteiger charge is 2.42. The summed E-state index contributed by atoms with van der Waals surface area (Å²) in [5.74, 6) is 0.246. The molecule has 1 aliphatic carbocycles. The van der Waals surface area contributed by atoms with Crippen molar-refractivity contribution in [2.45, 2.75) is 71.5 Å². The number of esters is 1. The van der Waals surface area contributed by atoms with Crippen LogP contribution >= 0.6 is 0 Å². The minimum atomic E-state index is -0.826. The summed E-state index contributed by atoms with van der Waals surface area (Å²) in [4.78, 5) is 25.4. The third-order valence-corrected chi connectivity index (χ3v) is 5.40. The molecule has 0 heterocycles. The van der Waals surface area contributed by atoms with E-state index in [4.69, 9.17) is 14.2 Å². The minimum absolute atomic E-state index is 0.0332. The van der Waals surface area contributed by atoms with E-state index in [0.29, 0.717) is 35.8 Å². The maximum Gasteiger partial charge on any atom is 0.341 e. The molecule has 0 radical (unpaired) electrons. The highest BCUT2D eigenvalue weighted by Crippen LogP contribution is 2.36. The molecule has 0 unspecified atom stereocenters. The van der Waals surface area contributed by atoms with Crippen LogP contribution in [-0.4, -0.2) is 37.3 Å². The van der Waals surface area contributed by atoms with Crippen LogP contribution in [0.15, 0.2) is 18.2 Å². The molecule has 0 aromatic heterocycles. The topological polar surface area (TPSA) is 73.9 Å². The van der Waals surface area contributed by atoms with E-state index in [9.17, 15) is 9.59 Å². The number of hydrogen-bond donors (Lipinski definition) is 1. The van der Waals surface area contributed by atoms with Crippen molar-refractivity contribution >= 4 is 17.6 Å². The molecule has 1 saturated carbocycles. The van der Waals surface area contributed by atoms with Crippen LogP contribution in [0.25, 0.3) is 0 Å². The van der Waals surface area contributed by atoms with Crippen molar-refractivity contribution in [3.05, 3.63) is 23.8 Å². The number of amides is 1. The number of carbonyl (C=O) groups excluding carboxylic acids is 2. The van der Waals surface area contributed by atoms with Gasteiger partial charge >= 0.3 is 5.97 Å². The molecule has 3 atom stereocenters. The normalized spacial score (nSPS) is 23.0. The fourth-order valence-electron chi connectivity index (χ4n) is 3.61. The number of nitrogens with one attached hydrogen (secondary N) is 1. The molecule has 28 heavy (non-hydrogen) atoms. The zero-order chi connectivity index (χ0) is 20.7. The first-order valence-corrected chi connectivity index (χ1v) is 10.2. The van der Waals surface area contributed by atoms with Crippen LogP contribution in [0.2, 0.25) is 0 Å². The molecule has 1 fully saturated rings. The second-order valence-electron chi connectivity index (χ2n) is 7.62. The Morgan fingerprint density at radius 3 is 2.68 bits per heavy atom. The first-order valence-electron chi connectivity index (χ1n) is 10.2. The Bertz CT molecular complexity index is 690. The Hall–Kier alpha value is -2.08. The number of ether oxygens (including phenoxy) is 3. The van der Waals surface area contributed by atoms with E-state index < -0.39 is 11.6 Å². The van der Waals surface area contributed by atoms with Crippen LogP contribution in [0, 0.1) is 5.92 Å². The maximum atomic E-state index is 13.0. The molecule has 156 valence electrons. The molecule has 1 N–H and O–H groups in total. The van der Waals surface area contributed by atoms with Crippen molar-refractivity contribution in [2.75, 3.05) is 19.0 Å². The Morgan fingerprint density at radius 2 is 2.07 bits per heavy atom. The molecule has 1 aromatic rings. The second kappa shape index (κ2) is 9.92. The largest absolute Gasteiger partial charge is 0.490 e. The summed E-state index contributed by atoms with van der Waals surface area (Å²) in [6.07, 6.45) is 4.23. The van der Waals surface area contributed by atoms with Crippen LogP contribution in [0.3, 0.4) is 0 Å². The number of anilines is 1. The van der Waals surface area contributed by atoms with Crippen LogP contribution in [0.4, 0.5) is 5.69 Å². The van der Waals surface area contributed by atoms with Crippen LogP contribution in [0.5, 0.6) is 5.75 Å². The van der Waals surface area contributed by atoms with Crippen LogP contribution in [-0.2, 0) is 14.3 Å². The van der Waals surface area contributed by atoms with Crippen molar-refractivity contribution < 1.29 is 23.8 Å². The average Bonchev–Trinajstić information content (AvgIpc) is 2.68. The van der Waals surface area contributed by atoms with Gasteiger partial charge < -0.3 is 19.5 Å². The van der Waals surface area contributed by atoms with Crippen molar-refractivity contribution in [1.29, 1.82) is 0 Å². The number of rotatable bonds is 8. The van der Waals surface area contributed by atoms with Gasteiger partial charge in [0.05, 0.1) is 12.7 Å². The number of methoxy groups -OCH3 is 1. The lowest BCUT2D eigenvalue weighted by Crippen LogP contribution is -2.47. The van der Waals surface area contributed by atoms with Gasteiger partial charge in [0.15, 0.2) is 0 Å². The predicted octanol–water partition coefficient (Wildman–Crippen LogP) is 4.57. The first-order chi connectivity index (χ1) is 13.3. The zero-order valence-electron chi connectivity index (χ0n) is 17.7. The number of carbonyl (C=O) groups is 2. The van der Waals surface area contributed by atoms with E-state index in [1.807, 2.05) is 13.8 Å². The Morgan fingerprint density at radius 1 is 1.32 bits per heavy atom. The van der Waals surface area contributed by atoms with Gasteiger partial charge in [0.25, 0.3) is 5.91 Å². The molecule has 6 heteroatoms. The second-order valence-corrected chi connectivity index (χ2v) is 7.62. The number of hydrogen-bond acceptors (Lipinski definition) is 5. The maximum absolute atomic E-state index is 13.0. The van der Waals surface area contributed by atoms with E-state index in [-0.39, 0.29) is 18.6 Å². The molecular formula is C22H33NO5. The van der Waals surface area contributed by atoms with Crippen molar-refractivity contribution in [2.24, 2.45) is 5.92 Å². The molecule has 0 aliphatic heterocycles. The molecule has 1 amide bonds. The monoisotopic (exact) mass is 391 g/mol. The van der Waals surface area contributed by atoms with E-state index in [1.165, 1.54) is 0 Å². The molecular weight excluding hydrogens is 358 g/mol. The summed E-state index contributed by atoms with van der Waals surface area (Å²) >= 11 is 0. The first kappa shape index (κ1) is 22.2. The summed E-state index contributed by atoms with van der Waals surface area (Å²) in [6, 6.07) is 5.06. The lowest BCUT2D eigenvalue weighted by atomic mass is 9.78. The highest BCUT2D eigenvalue weighted by atomic mass is 16.5. The molecule has 0 saturated heterocycles. The summed E-state index contributed by atoms with van der Waals surface area (Å²) in [6.45, 7) is 8.12. The molecule has 0 bridgehead atoms. The molecule has 1 aliphatic rings. The van der Waals surface area contributed by atoms with Crippen molar-refractivity contribution in [3.8, 4) is 5.75 Å². The fourth-order valence-corrected chi connectivity index (χ4v) is 3.61. The third kappa shape index (κ3) is 5.25. The molecule has 6 nitrogen and oxygen atoms in total. The van der Waals surface area contributed by atoms with Gasteiger partial charge in [-0.1, -0.05) is 20.3 Å². The van der Waals surface area contributed by atoms with Gasteiger partial charge in [-0.15, -0.1) is 0 Å². The van der Waals surface area contributed by atoms with Crippen LogP contribution < -0.4 is 10.1 Å². The fraction of sp³-hybridized carbons (Fsp3) is 0.636. The predicted molar refractivity (Wildman–Crippen MR) is 109 cm³/mol. The van der Waals surface area contributed by atoms with Crippen molar-refractivity contribution in [3.63, 3.8) is 0 Å². The molecule has 1 aromatic carbocycles. The van der Waals surface area contributed by atoms with Crippen LogP contribution in [0.1, 0.15) is 70.2 Å². The highest BCUT2D eigenvalue weighted by molar-refractivity contribution is 5.99. The third-order valence-electron chi connectivity index (χ3n) is 5.40. The lowest BCUT2D eigenvalue weighted by molar-refractivity contribution is -0.143. The zero-order valence-corrected chi connectivity index (χ0v) is 17.7. The van der Waals surface area contributed by atoms with Gasteiger partial charge in [-0.3, -0.25) is 4.79 Å². The van der Waals surface area contributed by atoms with Gasteiger partial charge in [0, 0.05) is 12.8 Å². The standard InChI is InChI=1S/C22H33NO5/c1-6-16(4)28-19-11-10-17(13-18(19)20(24)27-7-2)23-21(25)22(26-5)12-8-9-15(3)14-22/h10-11,13,15-16H,6-9,12,14H2,1-5H3,(H,23,25)/t15-,16-,22+/m1/s1. The quantitative estimate of drug-likeness (QED) is 0.657. The van der Waals surface area contributed by atoms with E-state index in [1.54, 1.807) is 32.2 Å². The van der Waals surface area contributed by atoms with E-state index in [2.05, 4.69) is 12.2 Å². The molecule has 2 rings (SSSR count). The SMILES string of the molecule is CCOC(=O)c1cc(NC(=O)[C@]2(OC)CCC[C@@H](C)C2)ccc1O[C@H](C)CC. The Kier molecular flexibility index (Phi) is 7.87. The molecule has 0 spiro atoms. The number of benzene rings is 1. The van der Waals surface area contributed by atoms with E-state index >= 15 is 0 Å². The Labute approximate surface area is 167 Å².